The van der Waals surface area contributed by atoms with Crippen molar-refractivity contribution in [1.29, 1.82) is 0 Å². The number of hydrogen-bond donors (Lipinski definition) is 0. The summed E-state index contributed by atoms with van der Waals surface area (Å²) in [4.78, 5) is 25.7. The molecule has 140 valence electrons. The van der Waals surface area contributed by atoms with Crippen LogP contribution in [0.15, 0.2) is 34.3 Å². The molecule has 1 saturated heterocycles. The quantitative estimate of drug-likeness (QED) is 0.752. The lowest BCUT2D eigenvalue weighted by molar-refractivity contribution is -0.130. The van der Waals surface area contributed by atoms with Crippen LogP contribution in [0.25, 0.3) is 0 Å². The third kappa shape index (κ3) is 3.60. The molecule has 0 atom stereocenters. The molecule has 0 spiro atoms. The van der Waals surface area contributed by atoms with E-state index in [0.717, 1.165) is 0 Å². The summed E-state index contributed by atoms with van der Waals surface area (Å²) in [6.07, 6.45) is 0.558. The van der Waals surface area contributed by atoms with Crippen LogP contribution in [0.1, 0.15) is 12.8 Å². The van der Waals surface area contributed by atoms with Crippen LogP contribution in [-0.2, 0) is 19.6 Å². The number of carbonyl (C=O) groups is 2. The largest absolute Gasteiger partial charge is 0.335 e. The molecule has 3 rings (SSSR count). The Morgan fingerprint density at radius 2 is 1.77 bits per heavy atom. The predicted octanol–water partition coefficient (Wildman–Crippen LogP) is 0.781. The Hall–Kier alpha value is -1.97. The summed E-state index contributed by atoms with van der Waals surface area (Å²) in [5.41, 5.74) is 0.328. The van der Waals surface area contributed by atoms with Crippen molar-refractivity contribution in [1.82, 2.24) is 14.2 Å². The highest BCUT2D eigenvalue weighted by Crippen LogP contribution is 2.25. The summed E-state index contributed by atoms with van der Waals surface area (Å²) < 4.78 is 26.8. The van der Waals surface area contributed by atoms with E-state index in [0.29, 0.717) is 12.1 Å². The zero-order chi connectivity index (χ0) is 18.9. The summed E-state index contributed by atoms with van der Waals surface area (Å²) in [6.45, 7) is 0.890. The van der Waals surface area contributed by atoms with Crippen LogP contribution in [-0.4, -0.2) is 73.4 Å². The first-order valence-electron chi connectivity index (χ1n) is 8.18. The van der Waals surface area contributed by atoms with Crippen LogP contribution in [0.2, 0.25) is 5.02 Å². The number of halogens is 1. The second kappa shape index (κ2) is 7.34. The maximum absolute atomic E-state index is 12.7. The standard InChI is InChI=1S/C16H19ClN4O4S/c1-19-15(22)7-6-13(18-19)16(23)20-8-10-21(11-9-20)26(24,25)14-5-3-2-4-12(14)17/h2-5H,6-11H2,1H3. The molecule has 2 aliphatic heterocycles. The molecule has 0 saturated carbocycles. The molecule has 0 bridgehead atoms. The summed E-state index contributed by atoms with van der Waals surface area (Å²) in [7, 11) is -2.19. The monoisotopic (exact) mass is 398 g/mol. The minimum absolute atomic E-state index is 0.0678. The van der Waals surface area contributed by atoms with Crippen molar-refractivity contribution in [2.75, 3.05) is 33.2 Å². The smallest absolute Gasteiger partial charge is 0.270 e. The van der Waals surface area contributed by atoms with Crippen molar-refractivity contribution in [3.8, 4) is 0 Å². The van der Waals surface area contributed by atoms with Gasteiger partial charge in [0.25, 0.3) is 5.91 Å². The second-order valence-corrected chi connectivity index (χ2v) is 8.40. The summed E-state index contributed by atoms with van der Waals surface area (Å²) >= 11 is 6.02. The molecule has 0 aromatic heterocycles. The molecule has 0 radical (unpaired) electrons. The molecule has 0 unspecified atom stereocenters. The summed E-state index contributed by atoms with van der Waals surface area (Å²) in [6, 6.07) is 6.30. The number of sulfonamides is 1. The van der Waals surface area contributed by atoms with E-state index in [1.54, 1.807) is 17.0 Å². The topological polar surface area (TPSA) is 90.4 Å². The highest BCUT2D eigenvalue weighted by molar-refractivity contribution is 7.89. The van der Waals surface area contributed by atoms with Crippen LogP contribution < -0.4 is 0 Å². The van der Waals surface area contributed by atoms with E-state index < -0.39 is 10.0 Å². The van der Waals surface area contributed by atoms with Crippen molar-refractivity contribution < 1.29 is 18.0 Å². The fraction of sp³-hybridized carbons (Fsp3) is 0.438. The molecule has 1 fully saturated rings. The average molecular weight is 399 g/mol. The van der Waals surface area contributed by atoms with Gasteiger partial charge < -0.3 is 4.90 Å². The van der Waals surface area contributed by atoms with E-state index in [4.69, 9.17) is 11.6 Å². The van der Waals surface area contributed by atoms with Crippen molar-refractivity contribution in [2.45, 2.75) is 17.7 Å². The molecule has 8 nitrogen and oxygen atoms in total. The number of hydrogen-bond acceptors (Lipinski definition) is 5. The van der Waals surface area contributed by atoms with Crippen molar-refractivity contribution >= 4 is 39.2 Å². The Balaban J connectivity index is 1.68. The molecule has 10 heteroatoms. The number of amides is 2. The number of benzene rings is 1. The molecule has 2 amide bonds. The maximum Gasteiger partial charge on any atom is 0.270 e. The Bertz CT molecular complexity index is 863. The van der Waals surface area contributed by atoms with Gasteiger partial charge in [-0.2, -0.15) is 9.41 Å². The van der Waals surface area contributed by atoms with Gasteiger partial charge in [-0.15, -0.1) is 0 Å². The van der Waals surface area contributed by atoms with Crippen LogP contribution >= 0.6 is 11.6 Å². The Labute approximate surface area is 157 Å². The van der Waals surface area contributed by atoms with E-state index in [-0.39, 0.29) is 54.3 Å². The second-order valence-electron chi connectivity index (χ2n) is 6.09. The fourth-order valence-electron chi connectivity index (χ4n) is 2.93. The zero-order valence-corrected chi connectivity index (χ0v) is 15.8. The van der Waals surface area contributed by atoms with Gasteiger partial charge in [-0.05, 0) is 12.1 Å². The van der Waals surface area contributed by atoms with Crippen molar-refractivity contribution in [3.63, 3.8) is 0 Å². The van der Waals surface area contributed by atoms with Crippen LogP contribution in [0, 0.1) is 0 Å². The van der Waals surface area contributed by atoms with Gasteiger partial charge >= 0.3 is 0 Å². The zero-order valence-electron chi connectivity index (χ0n) is 14.3. The predicted molar refractivity (Wildman–Crippen MR) is 96.2 cm³/mol. The maximum atomic E-state index is 12.7. The molecule has 0 aliphatic carbocycles. The van der Waals surface area contributed by atoms with Gasteiger partial charge in [0.05, 0.1) is 5.02 Å². The van der Waals surface area contributed by atoms with Crippen molar-refractivity contribution in [3.05, 3.63) is 29.3 Å². The molecule has 1 aromatic carbocycles. The molecule has 1 aromatic rings. The van der Waals surface area contributed by atoms with Crippen molar-refractivity contribution in [2.24, 2.45) is 5.10 Å². The van der Waals surface area contributed by atoms with E-state index >= 15 is 0 Å². The van der Waals surface area contributed by atoms with Gasteiger partial charge in [0, 0.05) is 46.1 Å². The lowest BCUT2D eigenvalue weighted by Crippen LogP contribution is -2.52. The average Bonchev–Trinajstić information content (AvgIpc) is 2.63. The number of carbonyl (C=O) groups excluding carboxylic acids is 2. The minimum atomic E-state index is -3.70. The van der Waals surface area contributed by atoms with Crippen LogP contribution in [0.4, 0.5) is 0 Å². The Morgan fingerprint density at radius 3 is 2.38 bits per heavy atom. The van der Waals surface area contributed by atoms with Gasteiger partial charge in [-0.25, -0.2) is 13.4 Å². The highest BCUT2D eigenvalue weighted by atomic mass is 35.5. The van der Waals surface area contributed by atoms with Gasteiger partial charge in [0.15, 0.2) is 0 Å². The molecule has 0 N–H and O–H groups in total. The van der Waals surface area contributed by atoms with E-state index in [2.05, 4.69) is 5.10 Å². The highest BCUT2D eigenvalue weighted by Gasteiger charge is 2.33. The summed E-state index contributed by atoms with van der Waals surface area (Å²) in [5.74, 6) is -0.378. The van der Waals surface area contributed by atoms with Crippen LogP contribution in [0.5, 0.6) is 0 Å². The first-order valence-corrected chi connectivity index (χ1v) is 10.0. The van der Waals surface area contributed by atoms with Gasteiger partial charge in [0.2, 0.25) is 15.9 Å². The molecule has 2 heterocycles. The lowest BCUT2D eigenvalue weighted by atomic mass is 10.1. The van der Waals surface area contributed by atoms with E-state index in [1.807, 2.05) is 0 Å². The fourth-order valence-corrected chi connectivity index (χ4v) is 4.85. The van der Waals surface area contributed by atoms with E-state index in [1.165, 1.54) is 28.5 Å². The third-order valence-corrected chi connectivity index (χ3v) is 6.83. The molecular weight excluding hydrogens is 380 g/mol. The first kappa shape index (κ1) is 18.8. The molecule has 26 heavy (non-hydrogen) atoms. The van der Waals surface area contributed by atoms with Crippen LogP contribution in [0.3, 0.4) is 0 Å². The molecular formula is C16H19ClN4O4S. The first-order chi connectivity index (χ1) is 12.3. The number of hydrazone groups is 1. The SMILES string of the molecule is CN1N=C(C(=O)N2CCN(S(=O)(=O)c3ccccc3Cl)CC2)CCC1=O. The third-order valence-electron chi connectivity index (χ3n) is 4.43. The molecule has 2 aliphatic rings. The normalized spacial score (nSPS) is 19.5. The Morgan fingerprint density at radius 1 is 1.12 bits per heavy atom. The number of piperazine rings is 1. The lowest BCUT2D eigenvalue weighted by Gasteiger charge is -2.34. The van der Waals surface area contributed by atoms with Gasteiger partial charge in [0.1, 0.15) is 10.6 Å². The number of rotatable bonds is 3. The van der Waals surface area contributed by atoms with Gasteiger partial charge in [-0.1, -0.05) is 23.7 Å². The minimum Gasteiger partial charge on any atom is -0.335 e. The van der Waals surface area contributed by atoms with E-state index in [9.17, 15) is 18.0 Å². The Kier molecular flexibility index (Phi) is 5.31. The summed E-state index contributed by atoms with van der Waals surface area (Å²) in [5, 5.41) is 5.38. The number of nitrogens with zero attached hydrogens (tertiary/aromatic N) is 4. The van der Waals surface area contributed by atoms with Gasteiger partial charge in [-0.3, -0.25) is 9.59 Å².